The predicted octanol–water partition coefficient (Wildman–Crippen LogP) is 2.31. The van der Waals surface area contributed by atoms with Crippen molar-refractivity contribution in [3.05, 3.63) is 59.7 Å². The molecule has 0 saturated heterocycles. The molecule has 4 heteroatoms. The Morgan fingerprint density at radius 1 is 1.24 bits per heavy atom. The first kappa shape index (κ1) is 11.5. The number of nitrogens with zero attached hydrogens (tertiary/aromatic N) is 1. The molecule has 0 amide bonds. The summed E-state index contributed by atoms with van der Waals surface area (Å²) in [5.74, 6) is 0.173. The maximum atomic E-state index is 12.8. The molecule has 0 aliphatic heterocycles. The van der Waals surface area contributed by atoms with Gasteiger partial charge in [0.05, 0.1) is 13.3 Å². The Morgan fingerprint density at radius 3 is 2.59 bits per heavy atom. The van der Waals surface area contributed by atoms with Crippen LogP contribution in [0.5, 0.6) is 5.75 Å². The van der Waals surface area contributed by atoms with E-state index in [-0.39, 0.29) is 5.82 Å². The van der Waals surface area contributed by atoms with E-state index in [1.807, 2.05) is 0 Å². The summed E-state index contributed by atoms with van der Waals surface area (Å²) in [5, 5.41) is 10.2. The van der Waals surface area contributed by atoms with Gasteiger partial charge < -0.3 is 9.84 Å². The average molecular weight is 233 g/mol. The van der Waals surface area contributed by atoms with E-state index in [0.717, 1.165) is 0 Å². The number of halogens is 1. The van der Waals surface area contributed by atoms with Crippen molar-refractivity contribution in [1.29, 1.82) is 0 Å². The van der Waals surface area contributed by atoms with Gasteiger partial charge in [-0.3, -0.25) is 4.98 Å². The standard InChI is InChI=1S/C13H12FNO2/c1-17-12-8-15-7-6-11(12)13(16)9-2-4-10(14)5-3-9/h2-8,13,16H,1H3. The number of hydrogen-bond acceptors (Lipinski definition) is 3. The first-order valence-electron chi connectivity index (χ1n) is 5.14. The molecule has 0 aliphatic carbocycles. The fourth-order valence-corrected chi connectivity index (χ4v) is 1.61. The molecule has 17 heavy (non-hydrogen) atoms. The molecule has 1 unspecified atom stereocenters. The molecule has 2 aromatic rings. The van der Waals surface area contributed by atoms with Gasteiger partial charge in [0.1, 0.15) is 17.7 Å². The minimum absolute atomic E-state index is 0.331. The summed E-state index contributed by atoms with van der Waals surface area (Å²) < 4.78 is 17.9. The van der Waals surface area contributed by atoms with Crippen molar-refractivity contribution >= 4 is 0 Å². The second kappa shape index (κ2) is 4.93. The summed E-state index contributed by atoms with van der Waals surface area (Å²) >= 11 is 0. The normalized spacial score (nSPS) is 12.2. The van der Waals surface area contributed by atoms with Crippen LogP contribution in [0, 0.1) is 5.82 Å². The Labute approximate surface area is 98.5 Å². The Balaban J connectivity index is 2.36. The van der Waals surface area contributed by atoms with Gasteiger partial charge in [0.15, 0.2) is 0 Å². The van der Waals surface area contributed by atoms with E-state index < -0.39 is 6.10 Å². The van der Waals surface area contributed by atoms with Crippen LogP contribution >= 0.6 is 0 Å². The molecule has 0 radical (unpaired) electrons. The van der Waals surface area contributed by atoms with Gasteiger partial charge >= 0.3 is 0 Å². The van der Waals surface area contributed by atoms with E-state index >= 15 is 0 Å². The van der Waals surface area contributed by atoms with Crippen molar-refractivity contribution in [3.8, 4) is 5.75 Å². The zero-order valence-electron chi connectivity index (χ0n) is 9.30. The third-order valence-electron chi connectivity index (χ3n) is 2.52. The lowest BCUT2D eigenvalue weighted by Gasteiger charge is -2.14. The molecular formula is C13H12FNO2. The topological polar surface area (TPSA) is 42.4 Å². The second-order valence-corrected chi connectivity index (χ2v) is 3.57. The fraction of sp³-hybridized carbons (Fsp3) is 0.154. The van der Waals surface area contributed by atoms with E-state index in [2.05, 4.69) is 4.98 Å². The Bertz CT molecular complexity index is 499. The van der Waals surface area contributed by atoms with Crippen molar-refractivity contribution in [2.45, 2.75) is 6.10 Å². The van der Waals surface area contributed by atoms with E-state index in [9.17, 15) is 9.50 Å². The Hall–Kier alpha value is -1.94. The SMILES string of the molecule is COc1cnccc1C(O)c1ccc(F)cc1. The van der Waals surface area contributed by atoms with Crippen molar-refractivity contribution in [2.75, 3.05) is 7.11 Å². The van der Waals surface area contributed by atoms with Crippen LogP contribution in [0.3, 0.4) is 0 Å². The molecule has 0 aliphatic rings. The van der Waals surface area contributed by atoms with Gasteiger partial charge in [-0.15, -0.1) is 0 Å². The second-order valence-electron chi connectivity index (χ2n) is 3.57. The highest BCUT2D eigenvalue weighted by molar-refractivity contribution is 5.38. The number of rotatable bonds is 3. The molecule has 1 aromatic carbocycles. The summed E-state index contributed by atoms with van der Waals surface area (Å²) in [6, 6.07) is 7.38. The molecule has 3 nitrogen and oxygen atoms in total. The molecule has 0 bridgehead atoms. The summed E-state index contributed by atoms with van der Waals surface area (Å²) in [5.41, 5.74) is 1.21. The van der Waals surface area contributed by atoms with Gasteiger partial charge in [0.25, 0.3) is 0 Å². The van der Waals surface area contributed by atoms with Gasteiger partial charge in [0.2, 0.25) is 0 Å². The molecule has 0 saturated carbocycles. The molecule has 2 rings (SSSR count). The van der Waals surface area contributed by atoms with E-state index in [4.69, 9.17) is 4.74 Å². The van der Waals surface area contributed by atoms with E-state index in [1.54, 1.807) is 24.4 Å². The minimum Gasteiger partial charge on any atom is -0.495 e. The van der Waals surface area contributed by atoms with Gasteiger partial charge in [0, 0.05) is 11.8 Å². The number of benzene rings is 1. The first-order chi connectivity index (χ1) is 8.22. The number of aliphatic hydroxyl groups is 1. The van der Waals surface area contributed by atoms with Crippen molar-refractivity contribution in [1.82, 2.24) is 4.98 Å². The number of aliphatic hydroxyl groups excluding tert-OH is 1. The number of hydrogen-bond donors (Lipinski definition) is 1. The zero-order valence-corrected chi connectivity index (χ0v) is 9.30. The van der Waals surface area contributed by atoms with Crippen molar-refractivity contribution in [2.24, 2.45) is 0 Å². The summed E-state index contributed by atoms with van der Waals surface area (Å²) in [7, 11) is 1.51. The third kappa shape index (κ3) is 2.42. The smallest absolute Gasteiger partial charge is 0.143 e. The van der Waals surface area contributed by atoms with Crippen LogP contribution in [-0.2, 0) is 0 Å². The lowest BCUT2D eigenvalue weighted by Crippen LogP contribution is -2.02. The third-order valence-corrected chi connectivity index (χ3v) is 2.52. The van der Waals surface area contributed by atoms with Crippen molar-refractivity contribution in [3.63, 3.8) is 0 Å². The first-order valence-corrected chi connectivity index (χ1v) is 5.14. The molecule has 88 valence electrons. The summed E-state index contributed by atoms with van der Waals surface area (Å²) in [4.78, 5) is 3.91. The largest absolute Gasteiger partial charge is 0.495 e. The molecule has 1 N–H and O–H groups in total. The molecule has 0 fully saturated rings. The molecule has 0 spiro atoms. The minimum atomic E-state index is -0.853. The van der Waals surface area contributed by atoms with Crippen LogP contribution in [-0.4, -0.2) is 17.2 Å². The predicted molar refractivity (Wildman–Crippen MR) is 61.3 cm³/mol. The van der Waals surface area contributed by atoms with Crippen LogP contribution in [0.1, 0.15) is 17.2 Å². The van der Waals surface area contributed by atoms with E-state index in [0.29, 0.717) is 16.9 Å². The van der Waals surface area contributed by atoms with Gasteiger partial charge in [-0.25, -0.2) is 4.39 Å². The fourth-order valence-electron chi connectivity index (χ4n) is 1.61. The number of pyridine rings is 1. The maximum absolute atomic E-state index is 12.8. The molecule has 1 aromatic heterocycles. The zero-order chi connectivity index (χ0) is 12.3. The van der Waals surface area contributed by atoms with E-state index in [1.165, 1.54) is 25.4 Å². The van der Waals surface area contributed by atoms with Crippen LogP contribution < -0.4 is 4.74 Å². The van der Waals surface area contributed by atoms with Gasteiger partial charge in [-0.1, -0.05) is 12.1 Å². The number of aromatic nitrogens is 1. The van der Waals surface area contributed by atoms with Crippen LogP contribution in [0.4, 0.5) is 4.39 Å². The lowest BCUT2D eigenvalue weighted by molar-refractivity contribution is 0.214. The highest BCUT2D eigenvalue weighted by Crippen LogP contribution is 2.28. The maximum Gasteiger partial charge on any atom is 0.143 e. The molecule has 1 atom stereocenters. The Kier molecular flexibility index (Phi) is 3.35. The van der Waals surface area contributed by atoms with Gasteiger partial charge in [-0.2, -0.15) is 0 Å². The average Bonchev–Trinajstić information content (AvgIpc) is 2.39. The van der Waals surface area contributed by atoms with Gasteiger partial charge in [-0.05, 0) is 23.8 Å². The quantitative estimate of drug-likeness (QED) is 0.884. The highest BCUT2D eigenvalue weighted by atomic mass is 19.1. The monoisotopic (exact) mass is 233 g/mol. The molecule has 1 heterocycles. The van der Waals surface area contributed by atoms with Crippen LogP contribution in [0.15, 0.2) is 42.7 Å². The highest BCUT2D eigenvalue weighted by Gasteiger charge is 2.15. The molecular weight excluding hydrogens is 221 g/mol. The van der Waals surface area contributed by atoms with Crippen LogP contribution in [0.25, 0.3) is 0 Å². The Morgan fingerprint density at radius 2 is 1.94 bits per heavy atom. The summed E-state index contributed by atoms with van der Waals surface area (Å²) in [6.07, 6.45) is 2.25. The summed E-state index contributed by atoms with van der Waals surface area (Å²) in [6.45, 7) is 0. The number of methoxy groups -OCH3 is 1. The number of ether oxygens (including phenoxy) is 1. The van der Waals surface area contributed by atoms with Crippen molar-refractivity contribution < 1.29 is 14.2 Å². The lowest BCUT2D eigenvalue weighted by atomic mass is 10.0. The van der Waals surface area contributed by atoms with Crippen LogP contribution in [0.2, 0.25) is 0 Å².